The highest BCUT2D eigenvalue weighted by Crippen LogP contribution is 2.43. The first-order chi connectivity index (χ1) is 68.4. The Morgan fingerprint density at radius 1 is 0.264 bits per heavy atom. The van der Waals surface area contributed by atoms with E-state index in [1.807, 2.05) is 172 Å². The van der Waals surface area contributed by atoms with E-state index in [9.17, 15) is 13.2 Å². The Hall–Kier alpha value is -18.0. The summed E-state index contributed by atoms with van der Waals surface area (Å²) in [4.78, 5) is 67.0. The van der Waals surface area contributed by atoms with Gasteiger partial charge < -0.3 is 14.5 Å². The van der Waals surface area contributed by atoms with Gasteiger partial charge in [-0.1, -0.05) is 83.9 Å². The molecule has 17 heterocycles. The average molecular weight is 1830 g/mol. The molecule has 0 bridgehead atoms. The van der Waals surface area contributed by atoms with E-state index in [4.69, 9.17) is 20.7 Å². The lowest BCUT2D eigenvalue weighted by Gasteiger charge is -2.10. The molecule has 0 saturated heterocycles. The molecule has 18 nitrogen and oxygen atoms in total. The van der Waals surface area contributed by atoms with Crippen LogP contribution in [-0.4, -0.2) is 83.6 Å². The zero-order valence-electron chi connectivity index (χ0n) is 77.8. The van der Waals surface area contributed by atoms with Crippen molar-refractivity contribution in [3.63, 3.8) is 0 Å². The van der Waals surface area contributed by atoms with Crippen LogP contribution in [0.5, 0.6) is 0 Å². The summed E-state index contributed by atoms with van der Waals surface area (Å²) in [6.45, 7) is 13.5. The highest BCUT2D eigenvalue weighted by atomic mass is 19.1. The Kier molecular flexibility index (Phi) is 27.0. The van der Waals surface area contributed by atoms with Gasteiger partial charge in [-0.25, -0.2) is 43.1 Å². The summed E-state index contributed by atoms with van der Waals surface area (Å²) >= 11 is 0. The second-order valence-corrected chi connectivity index (χ2v) is 34.3. The maximum Gasteiger partial charge on any atom is 0.136 e. The number of nitrogens with zero attached hydrogens (tertiary/aromatic N) is 17. The van der Waals surface area contributed by atoms with Gasteiger partial charge in [0, 0.05) is 216 Å². The van der Waals surface area contributed by atoms with Gasteiger partial charge in [-0.3, -0.25) is 44.9 Å². The molecular formula is C119H93F3N18. The Morgan fingerprint density at radius 2 is 0.593 bits per heavy atom. The molecule has 24 rings (SSSR count). The third kappa shape index (κ3) is 20.8. The van der Waals surface area contributed by atoms with Gasteiger partial charge in [-0.05, 0) is 308 Å². The normalized spacial score (nSPS) is 11.4. The Morgan fingerprint density at radius 3 is 0.943 bits per heavy atom. The summed E-state index contributed by atoms with van der Waals surface area (Å²) in [7, 11) is 0. The molecule has 23 aromatic rings. The summed E-state index contributed by atoms with van der Waals surface area (Å²) in [6, 6.07) is 94.4. The molecule has 1 aliphatic carbocycles. The summed E-state index contributed by atoms with van der Waals surface area (Å²) in [5.74, 6) is 0.574. The van der Waals surface area contributed by atoms with Crippen molar-refractivity contribution >= 4 is 49.8 Å². The molecule has 2 N–H and O–H groups in total. The predicted octanol–water partition coefficient (Wildman–Crippen LogP) is 28.0. The van der Waals surface area contributed by atoms with Gasteiger partial charge in [0.1, 0.15) is 34.6 Å². The van der Waals surface area contributed by atoms with E-state index >= 15 is 0 Å². The molecule has 6 aromatic carbocycles. The van der Waals surface area contributed by atoms with Crippen molar-refractivity contribution in [2.75, 3.05) is 5.73 Å². The molecule has 0 aliphatic heterocycles. The molecule has 1 saturated carbocycles. The van der Waals surface area contributed by atoms with Gasteiger partial charge in [0.25, 0.3) is 0 Å². The number of hydrogen-bond donors (Lipinski definition) is 1. The number of aromatic nitrogens is 17. The van der Waals surface area contributed by atoms with E-state index in [0.29, 0.717) is 22.5 Å². The van der Waals surface area contributed by atoms with Gasteiger partial charge in [0.05, 0.1) is 67.8 Å². The zero-order valence-corrected chi connectivity index (χ0v) is 77.8. The molecule has 1 fully saturated rings. The van der Waals surface area contributed by atoms with Crippen LogP contribution in [0.2, 0.25) is 0 Å². The highest BCUT2D eigenvalue weighted by Gasteiger charge is 2.25. The Bertz CT molecular complexity index is 8470. The minimum Gasteiger partial charge on any atom is -0.384 e. The van der Waals surface area contributed by atoms with Crippen molar-refractivity contribution in [3.8, 4) is 135 Å². The fourth-order valence-corrected chi connectivity index (χ4v) is 16.9. The second-order valence-electron chi connectivity index (χ2n) is 34.3. The van der Waals surface area contributed by atoms with Crippen LogP contribution in [0.1, 0.15) is 63.5 Å². The first-order valence-electron chi connectivity index (χ1n) is 45.9. The molecule has 0 unspecified atom stereocenters. The molecule has 0 radical (unpaired) electrons. The number of benzene rings is 6. The smallest absolute Gasteiger partial charge is 0.136 e. The maximum atomic E-state index is 13.6. The minimum absolute atomic E-state index is 0.202. The van der Waals surface area contributed by atoms with Crippen LogP contribution in [-0.2, 0) is 0 Å². The lowest BCUT2D eigenvalue weighted by molar-refractivity contribution is 0.618. The van der Waals surface area contributed by atoms with Crippen molar-refractivity contribution in [1.29, 1.82) is 0 Å². The van der Waals surface area contributed by atoms with E-state index in [-0.39, 0.29) is 17.5 Å². The van der Waals surface area contributed by atoms with E-state index < -0.39 is 0 Å². The first kappa shape index (κ1) is 91.2. The van der Waals surface area contributed by atoms with E-state index in [1.54, 1.807) is 101 Å². The summed E-state index contributed by atoms with van der Waals surface area (Å²) in [5, 5.41) is 3.08. The van der Waals surface area contributed by atoms with Crippen LogP contribution >= 0.6 is 0 Å². The molecule has 17 aromatic heterocycles. The summed E-state index contributed by atoms with van der Waals surface area (Å²) in [6.07, 6.45) is 33.8. The fraction of sp³-hybridized carbons (Fsp3) is 0.0840. The zero-order chi connectivity index (χ0) is 96.1. The van der Waals surface area contributed by atoms with Crippen molar-refractivity contribution in [1.82, 2.24) is 83.6 Å². The van der Waals surface area contributed by atoms with Crippen LogP contribution in [0, 0.1) is 65.9 Å². The number of nitrogens with two attached hydrogens (primary N) is 1. The number of imidazole rings is 2. The third-order valence-corrected chi connectivity index (χ3v) is 24.3. The predicted molar refractivity (Wildman–Crippen MR) is 555 cm³/mol. The maximum absolute atomic E-state index is 13.6. The van der Waals surface area contributed by atoms with E-state index in [2.05, 4.69) is 223 Å². The van der Waals surface area contributed by atoms with Crippen LogP contribution in [0.3, 0.4) is 0 Å². The number of aryl methyl sites for hydroxylation is 7. The number of anilines is 1. The van der Waals surface area contributed by atoms with Gasteiger partial charge in [0.2, 0.25) is 0 Å². The Labute approximate surface area is 807 Å². The van der Waals surface area contributed by atoms with Gasteiger partial charge in [-0.2, -0.15) is 0 Å². The molecule has 0 atom stereocenters. The number of nitrogen functional groups attached to an aromatic ring is 1. The van der Waals surface area contributed by atoms with Crippen molar-refractivity contribution in [2.24, 2.45) is 0 Å². The molecule has 140 heavy (non-hydrogen) atoms. The standard InChI is InChI=1S/C22H17N3.C20H16FN3.C20H14FN3.C20H17N3.C20H15N3.C17H14FN3/c1-3-16(15-6-7-15)13-17(4-1)22-19(5-2-11-24-22)21-9-8-18-14-23-12-10-20(18)25-21;1-13-10-15(5-7-18(13)21)20-17(4-3-9-22-20)16-6-8-19-23-11-14(2)24(19)12-16;1-13-11-14(4-6-17(13)21)20-16(3-2-9-23-20)19-7-5-15-12-22-10-8-18(15)24-19;1-14-5-3-6-16(11-14)20-18(7-4-10-21-20)17-8-9-19-22-12-15(2)23(19)13-17;1-14-4-2-5-15(12-14)20-17(6-3-10-22-20)19-8-7-16-13-21-11-9-18(16)23-19;1-11-9-12(4-6-15(11)18)17-14(3-2-8-20-17)13-5-7-16(19)21-10-13/h1-5,8-15H,6-7H2;3-12H,1-2H3;2-12H,1H3;3-13H,1-2H3;2-13H,1H3;2-10H,1H3,(H2,19,21). The van der Waals surface area contributed by atoms with Gasteiger partial charge >= 0.3 is 0 Å². The molecule has 1 aliphatic rings. The fourth-order valence-electron chi connectivity index (χ4n) is 16.9. The van der Waals surface area contributed by atoms with E-state index in [1.165, 1.54) is 47.7 Å². The van der Waals surface area contributed by atoms with Gasteiger partial charge in [-0.15, -0.1) is 0 Å². The van der Waals surface area contributed by atoms with Crippen molar-refractivity contribution in [2.45, 2.75) is 67.2 Å². The molecule has 0 spiro atoms. The SMILES string of the molecule is Cc1cc(-c2ncccc2-c2ccc(N)nc2)ccc1F.Cc1cc(-c2ncccc2-c2ccc3cnccc3n2)ccc1F.Cc1cc(-c2ncccc2-c2ccc3ncc(C)n3c2)ccc1F.Cc1cccc(-c2ncccc2-c2ccc3cnccc3n2)c1.Cc1cccc(-c2ncccc2-c2ccc3ncc(C)n3c2)c1.c1cc(-c2ncccc2-c2ccc3cnccc3n2)cc(C2CC2)c1. The lowest BCUT2D eigenvalue weighted by Crippen LogP contribution is -1.93. The summed E-state index contributed by atoms with van der Waals surface area (Å²) in [5.41, 5.74) is 41.6. The van der Waals surface area contributed by atoms with E-state index in [0.717, 1.165) is 196 Å². The van der Waals surface area contributed by atoms with Crippen LogP contribution in [0.4, 0.5) is 19.0 Å². The van der Waals surface area contributed by atoms with Crippen LogP contribution in [0.25, 0.3) is 179 Å². The lowest BCUT2D eigenvalue weighted by atomic mass is 9.99. The molecular weight excluding hydrogens is 1740 g/mol. The van der Waals surface area contributed by atoms with Gasteiger partial charge in [0.15, 0.2) is 0 Å². The van der Waals surface area contributed by atoms with Crippen molar-refractivity contribution < 1.29 is 13.2 Å². The minimum atomic E-state index is -0.217. The molecule has 21 heteroatoms. The monoisotopic (exact) mass is 1830 g/mol. The first-order valence-corrected chi connectivity index (χ1v) is 45.9. The Balaban J connectivity index is 0.000000107. The summed E-state index contributed by atoms with van der Waals surface area (Å²) < 4.78 is 44.8. The molecule has 0 amide bonds. The molecule has 680 valence electrons. The number of rotatable bonds is 13. The quantitative estimate of drug-likeness (QED) is 0.113. The average Bonchev–Trinajstić information content (AvgIpc) is 1.44. The number of hydrogen-bond acceptors (Lipinski definition) is 16. The number of pyridine rings is 15. The van der Waals surface area contributed by atoms with Crippen LogP contribution < -0.4 is 5.73 Å². The second kappa shape index (κ2) is 41.5. The highest BCUT2D eigenvalue weighted by molar-refractivity contribution is 5.90. The topological polar surface area (TPSA) is 228 Å². The number of fused-ring (bicyclic) bond motifs is 5. The number of halogens is 3. The third-order valence-electron chi connectivity index (χ3n) is 24.3. The van der Waals surface area contributed by atoms with Crippen LogP contribution in [0.15, 0.2) is 397 Å². The van der Waals surface area contributed by atoms with Crippen molar-refractivity contribution in [3.05, 3.63) is 459 Å². The largest absolute Gasteiger partial charge is 0.384 e.